The molecule has 1 atom stereocenters. The van der Waals surface area contributed by atoms with Gasteiger partial charge in [-0.15, -0.1) is 0 Å². The van der Waals surface area contributed by atoms with Gasteiger partial charge in [-0.3, -0.25) is 10.1 Å². The van der Waals surface area contributed by atoms with Gasteiger partial charge in [0.15, 0.2) is 0 Å². The molecule has 0 amide bonds. The van der Waals surface area contributed by atoms with E-state index in [4.69, 9.17) is 5.26 Å². The molecule has 1 heterocycles. The number of nitrogens with one attached hydrogen (secondary N) is 1. The molecule has 3 rings (SSSR count). The molecule has 0 saturated heterocycles. The van der Waals surface area contributed by atoms with Crippen LogP contribution < -0.4 is 5.32 Å². The second-order valence-electron chi connectivity index (χ2n) is 5.46. The molecule has 2 aromatic carbocycles. The van der Waals surface area contributed by atoms with E-state index >= 15 is 0 Å². The van der Waals surface area contributed by atoms with Gasteiger partial charge in [0.1, 0.15) is 23.6 Å². The van der Waals surface area contributed by atoms with Crippen LogP contribution in [0.1, 0.15) is 17.2 Å². The summed E-state index contributed by atoms with van der Waals surface area (Å²) in [6.07, 6.45) is 0.263. The van der Waals surface area contributed by atoms with Crippen molar-refractivity contribution < 1.29 is 10.0 Å². The minimum Gasteiger partial charge on any atom is -0.387 e. The number of nitrogens with zero attached hydrogens (tertiary/aromatic N) is 3. The van der Waals surface area contributed by atoms with E-state index in [1.807, 2.05) is 48.5 Å². The highest BCUT2D eigenvalue weighted by atomic mass is 16.6. The molecule has 25 heavy (non-hydrogen) atoms. The number of anilines is 1. The summed E-state index contributed by atoms with van der Waals surface area (Å²) in [5.41, 5.74) is 0.531. The predicted molar refractivity (Wildman–Crippen MR) is 93.0 cm³/mol. The summed E-state index contributed by atoms with van der Waals surface area (Å²) in [6, 6.07) is 16.5. The van der Waals surface area contributed by atoms with Crippen LogP contribution in [0.4, 0.5) is 11.5 Å². The summed E-state index contributed by atoms with van der Waals surface area (Å²) in [6.45, 7) is 0.123. The maximum atomic E-state index is 10.7. The average Bonchev–Trinajstić information content (AvgIpc) is 2.65. The average molecular weight is 334 g/mol. The predicted octanol–water partition coefficient (Wildman–Crippen LogP) is 3.16. The van der Waals surface area contributed by atoms with Crippen molar-refractivity contribution >= 4 is 22.3 Å². The Bertz CT molecular complexity index is 981. The SMILES string of the molecule is N#Cc1cc([N+](=O)[O-])cnc1NC[C@@H](O)c1ccc2ccccc2c1. The molecule has 2 N–H and O–H groups in total. The summed E-state index contributed by atoms with van der Waals surface area (Å²) in [5, 5.41) is 35.2. The number of hydrogen-bond donors (Lipinski definition) is 2. The second-order valence-corrected chi connectivity index (χ2v) is 5.46. The molecule has 0 saturated carbocycles. The van der Waals surface area contributed by atoms with Crippen LogP contribution in [-0.2, 0) is 0 Å². The molecule has 1 aromatic heterocycles. The third-order valence-electron chi connectivity index (χ3n) is 3.83. The lowest BCUT2D eigenvalue weighted by Gasteiger charge is -2.14. The number of rotatable bonds is 5. The fourth-order valence-electron chi connectivity index (χ4n) is 2.51. The minimum absolute atomic E-state index is 0.0555. The Kier molecular flexibility index (Phi) is 4.55. The first-order valence-corrected chi connectivity index (χ1v) is 7.53. The zero-order valence-electron chi connectivity index (χ0n) is 13.1. The molecule has 7 heteroatoms. The van der Waals surface area contributed by atoms with Gasteiger partial charge in [-0.25, -0.2) is 4.98 Å². The largest absolute Gasteiger partial charge is 0.387 e. The van der Waals surface area contributed by atoms with E-state index in [1.54, 1.807) is 0 Å². The quantitative estimate of drug-likeness (QED) is 0.547. The fourth-order valence-corrected chi connectivity index (χ4v) is 2.51. The molecule has 7 nitrogen and oxygen atoms in total. The highest BCUT2D eigenvalue weighted by Gasteiger charge is 2.14. The third kappa shape index (κ3) is 3.54. The number of aromatic nitrogens is 1. The van der Waals surface area contributed by atoms with E-state index in [0.717, 1.165) is 28.6 Å². The number of fused-ring (bicyclic) bond motifs is 1. The Hall–Kier alpha value is -3.50. The van der Waals surface area contributed by atoms with E-state index in [2.05, 4.69) is 10.3 Å². The molecule has 0 unspecified atom stereocenters. The Morgan fingerprint density at radius 3 is 2.72 bits per heavy atom. The lowest BCUT2D eigenvalue weighted by atomic mass is 10.0. The van der Waals surface area contributed by atoms with Gasteiger partial charge < -0.3 is 10.4 Å². The molecule has 0 aliphatic rings. The van der Waals surface area contributed by atoms with Crippen LogP contribution in [0.15, 0.2) is 54.7 Å². The Morgan fingerprint density at radius 2 is 2.00 bits per heavy atom. The van der Waals surface area contributed by atoms with Crippen molar-refractivity contribution in [2.45, 2.75) is 6.10 Å². The van der Waals surface area contributed by atoms with Crippen molar-refractivity contribution in [3.8, 4) is 6.07 Å². The maximum absolute atomic E-state index is 10.7. The number of benzene rings is 2. The van der Waals surface area contributed by atoms with Gasteiger partial charge in [0, 0.05) is 12.6 Å². The van der Waals surface area contributed by atoms with Crippen LogP contribution in [0.25, 0.3) is 10.8 Å². The summed E-state index contributed by atoms with van der Waals surface area (Å²) < 4.78 is 0. The first kappa shape index (κ1) is 16.4. The summed E-state index contributed by atoms with van der Waals surface area (Å²) in [5.74, 6) is 0.202. The van der Waals surface area contributed by atoms with Crippen molar-refractivity contribution in [1.82, 2.24) is 4.98 Å². The van der Waals surface area contributed by atoms with Crippen LogP contribution in [0.5, 0.6) is 0 Å². The highest BCUT2D eigenvalue weighted by molar-refractivity contribution is 5.83. The van der Waals surface area contributed by atoms with Crippen LogP contribution in [0.2, 0.25) is 0 Å². The van der Waals surface area contributed by atoms with Crippen LogP contribution in [0.3, 0.4) is 0 Å². The van der Waals surface area contributed by atoms with Crippen molar-refractivity contribution in [2.75, 3.05) is 11.9 Å². The lowest BCUT2D eigenvalue weighted by Crippen LogP contribution is -2.14. The van der Waals surface area contributed by atoms with Gasteiger partial charge in [-0.2, -0.15) is 5.26 Å². The minimum atomic E-state index is -0.812. The normalized spacial score (nSPS) is 11.7. The van der Waals surface area contributed by atoms with Crippen molar-refractivity contribution in [1.29, 1.82) is 5.26 Å². The number of aliphatic hydroxyl groups excluding tert-OH is 1. The van der Waals surface area contributed by atoms with Crippen molar-refractivity contribution in [3.05, 3.63) is 76.0 Å². The van der Waals surface area contributed by atoms with Crippen molar-refractivity contribution in [3.63, 3.8) is 0 Å². The first-order chi connectivity index (χ1) is 12.1. The number of aliphatic hydroxyl groups is 1. The third-order valence-corrected chi connectivity index (χ3v) is 3.83. The summed E-state index contributed by atoms with van der Waals surface area (Å²) in [4.78, 5) is 14.0. The van der Waals surface area contributed by atoms with Gasteiger partial charge in [0.2, 0.25) is 0 Å². The number of nitro groups is 1. The highest BCUT2D eigenvalue weighted by Crippen LogP contribution is 2.22. The number of pyridine rings is 1. The van der Waals surface area contributed by atoms with Crippen LogP contribution >= 0.6 is 0 Å². The van der Waals surface area contributed by atoms with E-state index in [9.17, 15) is 15.2 Å². The Balaban J connectivity index is 1.76. The smallest absolute Gasteiger partial charge is 0.289 e. The van der Waals surface area contributed by atoms with E-state index in [1.165, 1.54) is 0 Å². The summed E-state index contributed by atoms with van der Waals surface area (Å²) in [7, 11) is 0. The lowest BCUT2D eigenvalue weighted by molar-refractivity contribution is -0.385. The molecule has 0 aliphatic heterocycles. The van der Waals surface area contributed by atoms with Crippen LogP contribution in [-0.4, -0.2) is 21.6 Å². The summed E-state index contributed by atoms with van der Waals surface area (Å²) >= 11 is 0. The van der Waals surface area contributed by atoms with E-state index < -0.39 is 11.0 Å². The van der Waals surface area contributed by atoms with E-state index in [-0.39, 0.29) is 23.6 Å². The molecule has 0 spiro atoms. The van der Waals surface area contributed by atoms with Crippen molar-refractivity contribution in [2.24, 2.45) is 0 Å². The molecule has 0 aliphatic carbocycles. The number of hydrogen-bond acceptors (Lipinski definition) is 6. The van der Waals surface area contributed by atoms with Crippen LogP contribution in [0, 0.1) is 21.4 Å². The first-order valence-electron chi connectivity index (χ1n) is 7.53. The molecular weight excluding hydrogens is 320 g/mol. The Morgan fingerprint density at radius 1 is 1.24 bits per heavy atom. The molecule has 0 fully saturated rings. The monoisotopic (exact) mass is 334 g/mol. The van der Waals surface area contributed by atoms with E-state index in [0.29, 0.717) is 0 Å². The topological polar surface area (TPSA) is 112 Å². The van der Waals surface area contributed by atoms with Gasteiger partial charge in [0.25, 0.3) is 5.69 Å². The maximum Gasteiger partial charge on any atom is 0.289 e. The zero-order chi connectivity index (χ0) is 17.8. The molecule has 0 bridgehead atoms. The van der Waals surface area contributed by atoms with Gasteiger partial charge in [-0.1, -0.05) is 36.4 Å². The molecular formula is C18H14N4O3. The van der Waals surface area contributed by atoms with Gasteiger partial charge in [0.05, 0.1) is 11.0 Å². The molecule has 124 valence electrons. The molecule has 3 aromatic rings. The standard InChI is InChI=1S/C18H14N4O3/c19-9-15-8-16(22(24)25)10-20-18(15)21-11-17(23)14-6-5-12-3-1-2-4-13(12)7-14/h1-8,10,17,23H,11H2,(H,20,21)/t17-/m1/s1. The zero-order valence-corrected chi connectivity index (χ0v) is 13.1. The molecule has 0 radical (unpaired) electrons. The van der Waals surface area contributed by atoms with Gasteiger partial charge >= 0.3 is 0 Å². The van der Waals surface area contributed by atoms with Gasteiger partial charge in [-0.05, 0) is 22.4 Å². The fraction of sp³-hybridized carbons (Fsp3) is 0.111. The Labute approximate surface area is 143 Å². The second kappa shape index (κ2) is 6.95. The number of nitriles is 1.